The number of ether oxygens (including phenoxy) is 1. The fourth-order valence-electron chi connectivity index (χ4n) is 2.16. The highest BCUT2D eigenvalue weighted by atomic mass is 16.5. The first kappa shape index (κ1) is 13.5. The maximum absolute atomic E-state index is 10.8. The Morgan fingerprint density at radius 2 is 2.53 bits per heavy atom. The summed E-state index contributed by atoms with van der Waals surface area (Å²) in [6.45, 7) is 2.34. The van der Waals surface area contributed by atoms with Crippen molar-refractivity contribution in [3.05, 3.63) is 29.6 Å². The summed E-state index contributed by atoms with van der Waals surface area (Å²) in [4.78, 5) is 16.8. The van der Waals surface area contributed by atoms with Crippen LogP contribution in [0.3, 0.4) is 0 Å². The monoisotopic (exact) mass is 261 g/mol. The van der Waals surface area contributed by atoms with Crippen molar-refractivity contribution in [1.29, 1.82) is 5.26 Å². The van der Waals surface area contributed by atoms with E-state index in [-0.39, 0.29) is 12.5 Å². The van der Waals surface area contributed by atoms with Gasteiger partial charge >= 0.3 is 5.97 Å². The van der Waals surface area contributed by atoms with Gasteiger partial charge in [-0.15, -0.1) is 0 Å². The van der Waals surface area contributed by atoms with Crippen molar-refractivity contribution in [2.24, 2.45) is 0 Å². The topological polar surface area (TPSA) is 86.5 Å². The third-order valence-corrected chi connectivity index (χ3v) is 3.08. The number of nitriles is 1. The molecule has 19 heavy (non-hydrogen) atoms. The molecule has 0 radical (unpaired) electrons. The molecule has 6 heteroatoms. The van der Waals surface area contributed by atoms with Crippen LogP contribution in [0.2, 0.25) is 0 Å². The lowest BCUT2D eigenvalue weighted by molar-refractivity contribution is -0.140. The molecule has 100 valence electrons. The number of nitrogens with zero attached hydrogens (tertiary/aromatic N) is 3. The number of hydrogen-bond acceptors (Lipinski definition) is 5. The van der Waals surface area contributed by atoms with Gasteiger partial charge in [0.15, 0.2) is 0 Å². The third-order valence-electron chi connectivity index (χ3n) is 3.08. The van der Waals surface area contributed by atoms with Crippen LogP contribution in [0.1, 0.15) is 17.7 Å². The third kappa shape index (κ3) is 3.74. The van der Waals surface area contributed by atoms with Crippen LogP contribution in [0.5, 0.6) is 0 Å². The van der Waals surface area contributed by atoms with Crippen molar-refractivity contribution in [1.82, 2.24) is 9.88 Å². The molecule has 0 saturated carbocycles. The number of aliphatic carboxylic acids is 1. The highest BCUT2D eigenvalue weighted by molar-refractivity contribution is 5.67. The SMILES string of the molecule is N#Cc1cc(CN2CCOCC2CC(=O)O)ccn1. The maximum Gasteiger partial charge on any atom is 0.305 e. The summed E-state index contributed by atoms with van der Waals surface area (Å²) in [5.74, 6) is -0.826. The molecule has 1 aromatic rings. The molecule has 0 aromatic carbocycles. The van der Waals surface area contributed by atoms with Crippen LogP contribution in [-0.2, 0) is 16.1 Å². The molecule has 2 rings (SSSR count). The summed E-state index contributed by atoms with van der Waals surface area (Å²) >= 11 is 0. The van der Waals surface area contributed by atoms with Gasteiger partial charge in [-0.05, 0) is 17.7 Å². The molecule has 1 aliphatic heterocycles. The maximum atomic E-state index is 10.8. The van der Waals surface area contributed by atoms with Crippen molar-refractivity contribution in [2.45, 2.75) is 19.0 Å². The summed E-state index contributed by atoms with van der Waals surface area (Å²) in [5, 5.41) is 17.7. The molecular formula is C13H15N3O3. The van der Waals surface area contributed by atoms with Gasteiger partial charge in [0, 0.05) is 25.3 Å². The normalized spacial score (nSPS) is 19.8. The largest absolute Gasteiger partial charge is 0.481 e. The molecule has 1 atom stereocenters. The van der Waals surface area contributed by atoms with E-state index in [0.717, 1.165) is 5.56 Å². The van der Waals surface area contributed by atoms with E-state index in [4.69, 9.17) is 15.1 Å². The number of aromatic nitrogens is 1. The van der Waals surface area contributed by atoms with E-state index < -0.39 is 5.97 Å². The van der Waals surface area contributed by atoms with Crippen LogP contribution < -0.4 is 0 Å². The summed E-state index contributed by atoms with van der Waals surface area (Å²) in [6.07, 6.45) is 1.66. The smallest absolute Gasteiger partial charge is 0.305 e. The van der Waals surface area contributed by atoms with Crippen LogP contribution in [-0.4, -0.2) is 46.8 Å². The summed E-state index contributed by atoms with van der Waals surface area (Å²) in [6, 6.07) is 5.45. The number of carboxylic acid groups (broad SMARTS) is 1. The standard InChI is InChI=1S/C13H15N3O3/c14-7-11-5-10(1-2-15-11)8-16-3-4-19-9-12(16)6-13(17)18/h1-2,5,12H,3-4,6,8-9H2,(H,17,18). The molecule has 1 aromatic heterocycles. The van der Waals surface area contributed by atoms with E-state index >= 15 is 0 Å². The number of carboxylic acids is 1. The molecular weight excluding hydrogens is 246 g/mol. The number of hydrogen-bond donors (Lipinski definition) is 1. The van der Waals surface area contributed by atoms with Crippen molar-refractivity contribution < 1.29 is 14.6 Å². The molecule has 6 nitrogen and oxygen atoms in total. The molecule has 1 unspecified atom stereocenters. The second-order valence-electron chi connectivity index (χ2n) is 4.46. The molecule has 1 aliphatic rings. The van der Waals surface area contributed by atoms with Gasteiger partial charge in [-0.1, -0.05) is 0 Å². The predicted octanol–water partition coefficient (Wildman–Crippen LogP) is 0.629. The summed E-state index contributed by atoms with van der Waals surface area (Å²) < 4.78 is 5.33. The van der Waals surface area contributed by atoms with Crippen LogP contribution in [0, 0.1) is 11.3 Å². The highest BCUT2D eigenvalue weighted by Gasteiger charge is 2.25. The van der Waals surface area contributed by atoms with E-state index in [9.17, 15) is 4.79 Å². The van der Waals surface area contributed by atoms with Gasteiger partial charge in [-0.2, -0.15) is 5.26 Å². The van der Waals surface area contributed by atoms with Crippen LogP contribution >= 0.6 is 0 Å². The number of carbonyl (C=O) groups is 1. The van der Waals surface area contributed by atoms with Gasteiger partial charge in [-0.3, -0.25) is 9.69 Å². The lowest BCUT2D eigenvalue weighted by Gasteiger charge is -2.34. The molecule has 0 bridgehead atoms. The Hall–Kier alpha value is -1.97. The number of pyridine rings is 1. The zero-order valence-electron chi connectivity index (χ0n) is 10.5. The van der Waals surface area contributed by atoms with Gasteiger partial charge in [-0.25, -0.2) is 4.98 Å². The fourth-order valence-corrected chi connectivity index (χ4v) is 2.16. The molecule has 2 heterocycles. The minimum absolute atomic E-state index is 0.0657. The Balaban J connectivity index is 2.06. The molecule has 1 saturated heterocycles. The van der Waals surface area contributed by atoms with Crippen LogP contribution in [0.25, 0.3) is 0 Å². The fraction of sp³-hybridized carbons (Fsp3) is 0.462. The van der Waals surface area contributed by atoms with Crippen molar-refractivity contribution >= 4 is 5.97 Å². The minimum atomic E-state index is -0.826. The second-order valence-corrected chi connectivity index (χ2v) is 4.46. The highest BCUT2D eigenvalue weighted by Crippen LogP contribution is 2.15. The second kappa shape index (κ2) is 6.27. The Bertz CT molecular complexity index is 498. The first-order chi connectivity index (χ1) is 9.19. The molecule has 1 fully saturated rings. The summed E-state index contributed by atoms with van der Waals surface area (Å²) in [5.41, 5.74) is 1.34. The van der Waals surface area contributed by atoms with Crippen LogP contribution in [0.4, 0.5) is 0 Å². The van der Waals surface area contributed by atoms with E-state index in [1.165, 1.54) is 0 Å². The van der Waals surface area contributed by atoms with Gasteiger partial charge in [0.2, 0.25) is 0 Å². The molecule has 0 amide bonds. The Morgan fingerprint density at radius 3 is 3.26 bits per heavy atom. The van der Waals surface area contributed by atoms with E-state index in [1.54, 1.807) is 12.3 Å². The summed E-state index contributed by atoms with van der Waals surface area (Å²) in [7, 11) is 0. The van der Waals surface area contributed by atoms with Gasteiger partial charge < -0.3 is 9.84 Å². The van der Waals surface area contributed by atoms with Gasteiger partial charge in [0.25, 0.3) is 0 Å². The quantitative estimate of drug-likeness (QED) is 0.855. The zero-order chi connectivity index (χ0) is 13.7. The van der Waals surface area contributed by atoms with E-state index in [0.29, 0.717) is 32.0 Å². The Kier molecular flexibility index (Phi) is 4.44. The average Bonchev–Trinajstić information content (AvgIpc) is 2.41. The first-order valence-electron chi connectivity index (χ1n) is 6.07. The van der Waals surface area contributed by atoms with Gasteiger partial charge in [0.05, 0.1) is 19.6 Å². The lowest BCUT2D eigenvalue weighted by atomic mass is 10.1. The molecule has 0 spiro atoms. The van der Waals surface area contributed by atoms with Crippen molar-refractivity contribution in [3.63, 3.8) is 0 Å². The zero-order valence-corrected chi connectivity index (χ0v) is 10.5. The number of rotatable bonds is 4. The molecule has 1 N–H and O–H groups in total. The van der Waals surface area contributed by atoms with Gasteiger partial charge in [0.1, 0.15) is 11.8 Å². The van der Waals surface area contributed by atoms with E-state index in [2.05, 4.69) is 9.88 Å². The predicted molar refractivity (Wildman–Crippen MR) is 66.2 cm³/mol. The Morgan fingerprint density at radius 1 is 1.68 bits per heavy atom. The van der Waals surface area contributed by atoms with Crippen LogP contribution in [0.15, 0.2) is 18.3 Å². The lowest BCUT2D eigenvalue weighted by Crippen LogP contribution is -2.45. The minimum Gasteiger partial charge on any atom is -0.481 e. The Labute approximate surface area is 111 Å². The van der Waals surface area contributed by atoms with E-state index in [1.807, 2.05) is 12.1 Å². The van der Waals surface area contributed by atoms with Crippen molar-refractivity contribution in [2.75, 3.05) is 19.8 Å². The number of morpholine rings is 1. The van der Waals surface area contributed by atoms with Crippen molar-refractivity contribution in [3.8, 4) is 6.07 Å². The molecule has 0 aliphatic carbocycles. The first-order valence-corrected chi connectivity index (χ1v) is 6.07. The average molecular weight is 261 g/mol.